The Morgan fingerprint density at radius 1 is 1.38 bits per heavy atom. The van der Waals surface area contributed by atoms with Gasteiger partial charge >= 0.3 is 0 Å². The van der Waals surface area contributed by atoms with Crippen LogP contribution in [0.5, 0.6) is 0 Å². The lowest BCUT2D eigenvalue weighted by molar-refractivity contribution is -0.145. The first kappa shape index (κ1) is 10.0. The minimum Gasteiger partial charge on any atom is -0.359 e. The number of carbonyl (C=O) groups is 2. The molecule has 1 saturated heterocycles. The van der Waals surface area contributed by atoms with Crippen LogP contribution in [-0.2, 0) is 9.59 Å². The van der Waals surface area contributed by atoms with Crippen molar-refractivity contribution in [1.29, 1.82) is 0 Å². The highest BCUT2D eigenvalue weighted by Crippen LogP contribution is 2.17. The number of likely N-dealkylation sites (tertiary alicyclic amines) is 1. The van der Waals surface area contributed by atoms with Crippen LogP contribution in [0.2, 0.25) is 0 Å². The number of nitrogens with zero attached hydrogens (tertiary/aromatic N) is 1. The summed E-state index contributed by atoms with van der Waals surface area (Å²) in [6.07, 6.45) is 0. The van der Waals surface area contributed by atoms with Crippen LogP contribution in [0.15, 0.2) is 0 Å². The SMILES string of the molecule is CNC(=O)C1CN(C(=O)C(C)C)C1. The smallest absolute Gasteiger partial charge is 0.226 e. The third-order valence-corrected chi connectivity index (χ3v) is 2.30. The first-order valence-electron chi connectivity index (χ1n) is 4.56. The van der Waals surface area contributed by atoms with Crippen molar-refractivity contribution in [3.63, 3.8) is 0 Å². The molecule has 4 nitrogen and oxygen atoms in total. The molecule has 13 heavy (non-hydrogen) atoms. The average molecular weight is 184 g/mol. The van der Waals surface area contributed by atoms with Crippen molar-refractivity contribution in [2.75, 3.05) is 20.1 Å². The van der Waals surface area contributed by atoms with Gasteiger partial charge in [0.15, 0.2) is 0 Å². The van der Waals surface area contributed by atoms with Gasteiger partial charge < -0.3 is 10.2 Å². The standard InChI is InChI=1S/C9H16N2O2/c1-6(2)9(13)11-4-7(5-11)8(12)10-3/h6-7H,4-5H2,1-3H3,(H,10,12). The second kappa shape index (κ2) is 3.77. The van der Waals surface area contributed by atoms with E-state index in [0.717, 1.165) is 0 Å². The van der Waals surface area contributed by atoms with E-state index >= 15 is 0 Å². The molecule has 0 radical (unpaired) electrons. The topological polar surface area (TPSA) is 49.4 Å². The van der Waals surface area contributed by atoms with Crippen LogP contribution >= 0.6 is 0 Å². The maximum absolute atomic E-state index is 11.4. The van der Waals surface area contributed by atoms with Gasteiger partial charge in [0.25, 0.3) is 0 Å². The van der Waals surface area contributed by atoms with Crippen LogP contribution < -0.4 is 5.32 Å². The molecule has 0 unspecified atom stereocenters. The van der Waals surface area contributed by atoms with E-state index in [2.05, 4.69) is 5.32 Å². The van der Waals surface area contributed by atoms with E-state index in [1.807, 2.05) is 13.8 Å². The number of rotatable bonds is 2. The highest BCUT2D eigenvalue weighted by Gasteiger charge is 2.35. The zero-order valence-electron chi connectivity index (χ0n) is 8.33. The summed E-state index contributed by atoms with van der Waals surface area (Å²) < 4.78 is 0. The number of amides is 2. The third kappa shape index (κ3) is 1.99. The van der Waals surface area contributed by atoms with Gasteiger partial charge in [-0.2, -0.15) is 0 Å². The Morgan fingerprint density at radius 2 is 1.92 bits per heavy atom. The van der Waals surface area contributed by atoms with Crippen LogP contribution in [0.25, 0.3) is 0 Å². The maximum Gasteiger partial charge on any atom is 0.226 e. The monoisotopic (exact) mass is 184 g/mol. The molecule has 1 heterocycles. The molecule has 0 bridgehead atoms. The molecule has 4 heteroatoms. The van der Waals surface area contributed by atoms with E-state index in [0.29, 0.717) is 13.1 Å². The predicted molar refractivity (Wildman–Crippen MR) is 49.0 cm³/mol. The Labute approximate surface area is 78.3 Å². The molecule has 0 saturated carbocycles. The molecule has 0 atom stereocenters. The van der Waals surface area contributed by atoms with E-state index in [4.69, 9.17) is 0 Å². The fraction of sp³-hybridized carbons (Fsp3) is 0.778. The van der Waals surface area contributed by atoms with E-state index in [9.17, 15) is 9.59 Å². The molecule has 1 aliphatic rings. The summed E-state index contributed by atoms with van der Waals surface area (Å²) in [4.78, 5) is 24.2. The van der Waals surface area contributed by atoms with E-state index in [1.54, 1.807) is 11.9 Å². The Hall–Kier alpha value is -1.06. The van der Waals surface area contributed by atoms with Gasteiger partial charge in [0.2, 0.25) is 11.8 Å². The average Bonchev–Trinajstić information content (AvgIpc) is 2.00. The van der Waals surface area contributed by atoms with Crippen molar-refractivity contribution in [1.82, 2.24) is 10.2 Å². The number of nitrogens with one attached hydrogen (secondary N) is 1. The van der Waals surface area contributed by atoms with Gasteiger partial charge in [-0.25, -0.2) is 0 Å². The van der Waals surface area contributed by atoms with Crippen LogP contribution in [0.4, 0.5) is 0 Å². The van der Waals surface area contributed by atoms with Crippen molar-refractivity contribution in [2.24, 2.45) is 11.8 Å². The summed E-state index contributed by atoms with van der Waals surface area (Å²) >= 11 is 0. The molecule has 1 fully saturated rings. The summed E-state index contributed by atoms with van der Waals surface area (Å²) in [5, 5.41) is 2.58. The first-order valence-corrected chi connectivity index (χ1v) is 4.56. The summed E-state index contributed by atoms with van der Waals surface area (Å²) in [7, 11) is 1.62. The Kier molecular flexibility index (Phi) is 2.90. The third-order valence-electron chi connectivity index (χ3n) is 2.30. The molecule has 74 valence electrons. The second-order valence-electron chi connectivity index (χ2n) is 3.71. The van der Waals surface area contributed by atoms with Crippen molar-refractivity contribution >= 4 is 11.8 Å². The quantitative estimate of drug-likeness (QED) is 0.648. The summed E-state index contributed by atoms with van der Waals surface area (Å²) in [5.74, 6) is 0.214. The molecule has 0 aliphatic carbocycles. The summed E-state index contributed by atoms with van der Waals surface area (Å²) in [5.41, 5.74) is 0. The Bertz CT molecular complexity index is 220. The van der Waals surface area contributed by atoms with Gasteiger partial charge in [0, 0.05) is 26.1 Å². The Morgan fingerprint density at radius 3 is 2.31 bits per heavy atom. The van der Waals surface area contributed by atoms with E-state index < -0.39 is 0 Å². The van der Waals surface area contributed by atoms with E-state index in [-0.39, 0.29) is 23.7 Å². The molecule has 2 amide bonds. The summed E-state index contributed by atoms with van der Waals surface area (Å²) in [6.45, 7) is 4.90. The normalized spacial score (nSPS) is 17.1. The molecular weight excluding hydrogens is 168 g/mol. The zero-order valence-corrected chi connectivity index (χ0v) is 8.33. The highest BCUT2D eigenvalue weighted by molar-refractivity contribution is 5.84. The first-order chi connectivity index (χ1) is 6.06. The zero-order chi connectivity index (χ0) is 10.0. The molecule has 0 aromatic rings. The van der Waals surface area contributed by atoms with Gasteiger partial charge in [0.05, 0.1) is 5.92 Å². The van der Waals surface area contributed by atoms with Crippen molar-refractivity contribution in [3.05, 3.63) is 0 Å². The molecule has 0 aromatic carbocycles. The number of hydrogen-bond donors (Lipinski definition) is 1. The second-order valence-corrected chi connectivity index (χ2v) is 3.71. The fourth-order valence-corrected chi connectivity index (χ4v) is 1.39. The van der Waals surface area contributed by atoms with Crippen LogP contribution in [0, 0.1) is 11.8 Å². The van der Waals surface area contributed by atoms with Crippen molar-refractivity contribution in [2.45, 2.75) is 13.8 Å². The summed E-state index contributed by atoms with van der Waals surface area (Å²) in [6, 6.07) is 0. The fourth-order valence-electron chi connectivity index (χ4n) is 1.39. The van der Waals surface area contributed by atoms with Gasteiger partial charge in [-0.15, -0.1) is 0 Å². The van der Waals surface area contributed by atoms with E-state index in [1.165, 1.54) is 0 Å². The molecule has 1 N–H and O–H groups in total. The van der Waals surface area contributed by atoms with Crippen LogP contribution in [0.3, 0.4) is 0 Å². The largest absolute Gasteiger partial charge is 0.359 e. The van der Waals surface area contributed by atoms with Crippen LogP contribution in [0.1, 0.15) is 13.8 Å². The minimum absolute atomic E-state index is 0.00713. The lowest BCUT2D eigenvalue weighted by atomic mass is 9.97. The van der Waals surface area contributed by atoms with Gasteiger partial charge in [0.1, 0.15) is 0 Å². The van der Waals surface area contributed by atoms with Crippen molar-refractivity contribution in [3.8, 4) is 0 Å². The van der Waals surface area contributed by atoms with Gasteiger partial charge in [-0.05, 0) is 0 Å². The molecule has 0 spiro atoms. The molecule has 0 aromatic heterocycles. The number of hydrogen-bond acceptors (Lipinski definition) is 2. The van der Waals surface area contributed by atoms with Gasteiger partial charge in [-0.1, -0.05) is 13.8 Å². The lowest BCUT2D eigenvalue weighted by Gasteiger charge is -2.38. The minimum atomic E-state index is 0.00713. The lowest BCUT2D eigenvalue weighted by Crippen LogP contribution is -2.56. The van der Waals surface area contributed by atoms with Crippen molar-refractivity contribution < 1.29 is 9.59 Å². The Balaban J connectivity index is 2.33. The predicted octanol–water partition coefficient (Wildman–Crippen LogP) is -0.153. The van der Waals surface area contributed by atoms with Crippen LogP contribution in [-0.4, -0.2) is 36.9 Å². The molecule has 1 aliphatic heterocycles. The van der Waals surface area contributed by atoms with Gasteiger partial charge in [-0.3, -0.25) is 9.59 Å². The maximum atomic E-state index is 11.4. The highest BCUT2D eigenvalue weighted by atomic mass is 16.2. The molecular formula is C9H16N2O2. The molecule has 1 rings (SSSR count). The number of carbonyl (C=O) groups excluding carboxylic acids is 2.